The number of hydrogen-bond acceptors (Lipinski definition) is 3. The number of unbranched alkanes of at least 4 members (excludes halogenated alkanes) is 3. The highest BCUT2D eigenvalue weighted by Crippen LogP contribution is 2.67. The molecule has 146 valence electrons. The summed E-state index contributed by atoms with van der Waals surface area (Å²) in [5.41, 5.74) is 2.74. The van der Waals surface area contributed by atoms with E-state index in [4.69, 9.17) is 0 Å². The molecular formula is C21H33N2O2S-. The highest BCUT2D eigenvalue weighted by Gasteiger charge is 2.69. The number of nitrogens with zero attached hydrogens (tertiary/aromatic N) is 1. The van der Waals surface area contributed by atoms with Gasteiger partial charge < -0.3 is 9.45 Å². The summed E-state index contributed by atoms with van der Waals surface area (Å²) in [6.07, 6.45) is 5.34. The summed E-state index contributed by atoms with van der Waals surface area (Å²) in [5, 5.41) is 0. The van der Waals surface area contributed by atoms with E-state index in [2.05, 4.69) is 48.6 Å². The van der Waals surface area contributed by atoms with Crippen LogP contribution in [-0.2, 0) is 23.2 Å². The Morgan fingerprint density at radius 2 is 2.00 bits per heavy atom. The molecule has 1 saturated heterocycles. The maximum Gasteiger partial charge on any atom is 0.0322 e. The Kier molecular flexibility index (Phi) is 6.54. The molecule has 1 aliphatic heterocycles. The smallest absolute Gasteiger partial charge is 0.0322 e. The van der Waals surface area contributed by atoms with E-state index < -0.39 is 11.3 Å². The number of rotatable bonds is 10. The zero-order chi connectivity index (χ0) is 18.7. The molecule has 0 bridgehead atoms. The fourth-order valence-corrected chi connectivity index (χ4v) is 5.69. The Hall–Kier alpha value is -0.750. The average molecular weight is 378 g/mol. The fourth-order valence-electron chi connectivity index (χ4n) is 5.41. The van der Waals surface area contributed by atoms with Crippen LogP contribution in [0.15, 0.2) is 24.3 Å². The summed E-state index contributed by atoms with van der Waals surface area (Å²) < 4.78 is 24.1. The molecule has 0 radical (unpaired) electrons. The topological polar surface area (TPSA) is 55.4 Å². The summed E-state index contributed by atoms with van der Waals surface area (Å²) in [4.78, 5) is 2.66. The Balaban J connectivity index is 1.65. The molecule has 1 heterocycles. The summed E-state index contributed by atoms with van der Waals surface area (Å²) >= 11 is -2.21. The van der Waals surface area contributed by atoms with E-state index in [0.717, 1.165) is 17.4 Å². The molecule has 3 atom stereocenters. The van der Waals surface area contributed by atoms with Crippen LogP contribution < -0.4 is 4.72 Å². The predicted molar refractivity (Wildman–Crippen MR) is 106 cm³/mol. The van der Waals surface area contributed by atoms with Gasteiger partial charge in [-0.1, -0.05) is 64.3 Å². The number of piperidine rings is 1. The molecule has 0 spiro atoms. The highest BCUT2D eigenvalue weighted by molar-refractivity contribution is 7.77. The standard InChI is InChI=1S/C21H34N2O2S/c1-4-5-6-7-11-23-14-19-20(15-23)21(19,16(2)3)18-10-8-9-17(12-18)13-22-26(24)25/h8-10,12,16,19-20,22H,4-7,11,13-15H2,1-3H3,(H,24,25)/p-1. The van der Waals surface area contributed by atoms with Crippen LogP contribution in [0.3, 0.4) is 0 Å². The number of hydrogen-bond donors (Lipinski definition) is 1. The van der Waals surface area contributed by atoms with E-state index in [1.807, 2.05) is 6.07 Å². The van der Waals surface area contributed by atoms with Crippen molar-refractivity contribution in [3.05, 3.63) is 35.4 Å². The first kappa shape index (κ1) is 20.0. The number of fused-ring (bicyclic) bond motifs is 1. The molecule has 1 aliphatic carbocycles. The quantitative estimate of drug-likeness (QED) is 0.501. The third-order valence-electron chi connectivity index (χ3n) is 6.62. The number of nitrogens with one attached hydrogen (secondary N) is 1. The monoisotopic (exact) mass is 377 g/mol. The lowest BCUT2D eigenvalue weighted by molar-refractivity contribution is 0.243. The second-order valence-electron chi connectivity index (χ2n) is 8.38. The Morgan fingerprint density at radius 3 is 2.62 bits per heavy atom. The van der Waals surface area contributed by atoms with Crippen molar-refractivity contribution >= 4 is 11.3 Å². The van der Waals surface area contributed by atoms with Crippen LogP contribution in [0, 0.1) is 17.8 Å². The van der Waals surface area contributed by atoms with Crippen LogP contribution in [0.5, 0.6) is 0 Å². The Morgan fingerprint density at radius 1 is 1.27 bits per heavy atom. The van der Waals surface area contributed by atoms with Gasteiger partial charge >= 0.3 is 0 Å². The predicted octanol–water partition coefficient (Wildman–Crippen LogP) is 3.61. The fraction of sp³-hybridized carbons (Fsp3) is 0.714. The lowest BCUT2D eigenvalue weighted by Gasteiger charge is -2.30. The van der Waals surface area contributed by atoms with Gasteiger partial charge in [-0.15, -0.1) is 0 Å². The van der Waals surface area contributed by atoms with Crippen LogP contribution in [0.1, 0.15) is 57.6 Å². The van der Waals surface area contributed by atoms with Gasteiger partial charge in [0.1, 0.15) is 0 Å². The molecule has 1 N–H and O–H groups in total. The van der Waals surface area contributed by atoms with Crippen LogP contribution in [0.4, 0.5) is 0 Å². The van der Waals surface area contributed by atoms with E-state index in [0.29, 0.717) is 12.5 Å². The molecule has 0 amide bonds. The van der Waals surface area contributed by atoms with E-state index >= 15 is 0 Å². The van der Waals surface area contributed by atoms with Crippen LogP contribution in [-0.4, -0.2) is 33.3 Å². The van der Waals surface area contributed by atoms with Crippen molar-refractivity contribution in [1.29, 1.82) is 0 Å². The van der Waals surface area contributed by atoms with E-state index in [9.17, 15) is 8.76 Å². The Labute approximate surface area is 161 Å². The third-order valence-corrected chi connectivity index (χ3v) is 7.00. The minimum Gasteiger partial charge on any atom is -0.760 e. The van der Waals surface area contributed by atoms with E-state index in [1.165, 1.54) is 50.9 Å². The summed E-state index contributed by atoms with van der Waals surface area (Å²) in [5.74, 6) is 2.12. The number of likely N-dealkylation sites (tertiary alicyclic amines) is 1. The molecule has 1 saturated carbocycles. The normalized spacial score (nSPS) is 29.1. The summed E-state index contributed by atoms with van der Waals surface area (Å²) in [6.45, 7) is 11.0. The summed E-state index contributed by atoms with van der Waals surface area (Å²) in [7, 11) is 0. The van der Waals surface area contributed by atoms with Crippen molar-refractivity contribution in [3.63, 3.8) is 0 Å². The van der Waals surface area contributed by atoms with Crippen molar-refractivity contribution in [2.24, 2.45) is 17.8 Å². The van der Waals surface area contributed by atoms with Gasteiger partial charge in [0.2, 0.25) is 0 Å². The molecule has 5 heteroatoms. The first-order valence-corrected chi connectivity index (χ1v) is 11.2. The number of benzene rings is 1. The molecule has 3 unspecified atom stereocenters. The molecule has 1 aromatic carbocycles. The zero-order valence-corrected chi connectivity index (χ0v) is 17.2. The molecule has 4 nitrogen and oxygen atoms in total. The molecule has 1 aromatic rings. The minimum atomic E-state index is -2.21. The zero-order valence-electron chi connectivity index (χ0n) is 16.4. The van der Waals surface area contributed by atoms with Crippen LogP contribution in [0.2, 0.25) is 0 Å². The van der Waals surface area contributed by atoms with Gasteiger partial charge in [-0.3, -0.25) is 4.21 Å². The van der Waals surface area contributed by atoms with Gasteiger partial charge in [0, 0.05) is 36.3 Å². The third kappa shape index (κ3) is 3.91. The van der Waals surface area contributed by atoms with Crippen molar-refractivity contribution in [3.8, 4) is 0 Å². The van der Waals surface area contributed by atoms with E-state index in [-0.39, 0.29) is 5.41 Å². The van der Waals surface area contributed by atoms with Crippen LogP contribution in [0.25, 0.3) is 0 Å². The van der Waals surface area contributed by atoms with Gasteiger partial charge in [-0.2, -0.15) is 0 Å². The SMILES string of the molecule is CCCCCCN1CC2C(C1)C2(c1cccc(CNS(=O)[O-])c1)C(C)C. The average Bonchev–Trinajstić information content (AvgIpc) is 3.03. The molecule has 2 fully saturated rings. The first-order chi connectivity index (χ1) is 12.5. The second-order valence-corrected chi connectivity index (χ2v) is 9.14. The minimum absolute atomic E-state index is 0.284. The first-order valence-electron chi connectivity index (χ1n) is 10.1. The van der Waals surface area contributed by atoms with Crippen molar-refractivity contribution in [2.45, 2.75) is 58.4 Å². The van der Waals surface area contributed by atoms with Gasteiger partial charge in [-0.25, -0.2) is 4.72 Å². The van der Waals surface area contributed by atoms with Gasteiger partial charge in [0.15, 0.2) is 0 Å². The molecule has 2 aliphatic rings. The van der Waals surface area contributed by atoms with E-state index in [1.54, 1.807) is 0 Å². The van der Waals surface area contributed by atoms with Crippen molar-refractivity contribution in [1.82, 2.24) is 9.62 Å². The Bertz CT molecular complexity index is 622. The second kappa shape index (κ2) is 8.51. The highest BCUT2D eigenvalue weighted by atomic mass is 32.2. The summed E-state index contributed by atoms with van der Waals surface area (Å²) in [6, 6.07) is 8.57. The van der Waals surface area contributed by atoms with Gasteiger partial charge in [0.25, 0.3) is 0 Å². The molecule has 3 rings (SSSR count). The van der Waals surface area contributed by atoms with Gasteiger partial charge in [0.05, 0.1) is 0 Å². The molecular weight excluding hydrogens is 344 g/mol. The maximum atomic E-state index is 10.8. The lowest BCUT2D eigenvalue weighted by Crippen LogP contribution is -2.34. The lowest BCUT2D eigenvalue weighted by atomic mass is 9.79. The van der Waals surface area contributed by atoms with Crippen LogP contribution >= 0.6 is 0 Å². The molecule has 26 heavy (non-hydrogen) atoms. The molecule has 0 aromatic heterocycles. The maximum absolute atomic E-state index is 10.8. The van der Waals surface area contributed by atoms with Crippen molar-refractivity contribution in [2.75, 3.05) is 19.6 Å². The largest absolute Gasteiger partial charge is 0.760 e. The van der Waals surface area contributed by atoms with Gasteiger partial charge in [-0.05, 0) is 41.8 Å². The van der Waals surface area contributed by atoms with Crippen molar-refractivity contribution < 1.29 is 8.76 Å².